The van der Waals surface area contributed by atoms with Crippen molar-refractivity contribution in [3.63, 3.8) is 0 Å². The molecule has 3 aromatic carbocycles. The van der Waals surface area contributed by atoms with Crippen molar-refractivity contribution in [3.05, 3.63) is 77.9 Å². The van der Waals surface area contributed by atoms with Gasteiger partial charge in [-0.1, -0.05) is 60.7 Å². The summed E-state index contributed by atoms with van der Waals surface area (Å²) in [6, 6.07) is 19.7. The predicted molar refractivity (Wildman–Crippen MR) is 101 cm³/mol. The van der Waals surface area contributed by atoms with Crippen LogP contribution in [-0.4, -0.2) is 14.3 Å². The summed E-state index contributed by atoms with van der Waals surface area (Å²) in [7, 11) is -4.04. The van der Waals surface area contributed by atoms with Crippen molar-refractivity contribution in [2.24, 2.45) is 5.73 Å². The molecule has 5 heteroatoms. The molecule has 4 nitrogen and oxygen atoms in total. The molecular formula is C21H19NO3S. The van der Waals surface area contributed by atoms with Crippen molar-refractivity contribution in [2.45, 2.75) is 28.9 Å². The fourth-order valence-corrected chi connectivity index (χ4v) is 6.36. The van der Waals surface area contributed by atoms with Crippen LogP contribution in [0.3, 0.4) is 0 Å². The molecule has 4 rings (SSSR count). The van der Waals surface area contributed by atoms with Gasteiger partial charge in [0.2, 0.25) is 5.91 Å². The van der Waals surface area contributed by atoms with Gasteiger partial charge in [0.15, 0.2) is 14.6 Å². The van der Waals surface area contributed by atoms with E-state index in [1.807, 2.05) is 30.3 Å². The Hall–Kier alpha value is -2.66. The molecule has 26 heavy (non-hydrogen) atoms. The van der Waals surface area contributed by atoms with Crippen molar-refractivity contribution in [2.75, 3.05) is 0 Å². The minimum Gasteiger partial charge on any atom is -0.368 e. The molecule has 0 aliphatic heterocycles. The Morgan fingerprint density at radius 1 is 0.923 bits per heavy atom. The first-order chi connectivity index (χ1) is 12.5. The monoisotopic (exact) mass is 365 g/mol. The van der Waals surface area contributed by atoms with E-state index in [-0.39, 0.29) is 11.3 Å². The van der Waals surface area contributed by atoms with Crippen LogP contribution in [0.4, 0.5) is 0 Å². The lowest BCUT2D eigenvalue weighted by atomic mass is 9.81. The molecule has 2 N–H and O–H groups in total. The van der Waals surface area contributed by atoms with Crippen LogP contribution in [0.15, 0.2) is 71.6 Å². The van der Waals surface area contributed by atoms with Crippen LogP contribution in [0.5, 0.6) is 0 Å². The smallest absolute Gasteiger partial charge is 0.243 e. The number of aryl methyl sites for hydroxylation is 1. The standard InChI is InChI=1S/C21H19NO3S/c22-20(23)21(14-6-10-16-8-2-4-12-18(16)21)26(24,25)19-13-5-9-15-7-1-3-11-17(15)19/h1-5,7-9,11-13H,6,10,14H2,(H2,22,23). The van der Waals surface area contributed by atoms with E-state index in [9.17, 15) is 13.2 Å². The summed E-state index contributed by atoms with van der Waals surface area (Å²) in [5.74, 6) is -0.808. The number of benzene rings is 3. The number of fused-ring (bicyclic) bond motifs is 2. The second kappa shape index (κ2) is 5.95. The van der Waals surface area contributed by atoms with Crippen LogP contribution in [-0.2, 0) is 25.8 Å². The number of rotatable bonds is 3. The minimum absolute atomic E-state index is 0.158. The highest BCUT2D eigenvalue weighted by Gasteiger charge is 2.53. The maximum atomic E-state index is 13.8. The van der Waals surface area contributed by atoms with Gasteiger partial charge in [-0.15, -0.1) is 0 Å². The molecule has 0 saturated carbocycles. The van der Waals surface area contributed by atoms with Gasteiger partial charge in [-0.2, -0.15) is 0 Å². The molecule has 132 valence electrons. The Morgan fingerprint density at radius 2 is 1.62 bits per heavy atom. The molecule has 0 heterocycles. The Morgan fingerprint density at radius 3 is 2.42 bits per heavy atom. The van der Waals surface area contributed by atoms with Gasteiger partial charge in [-0.3, -0.25) is 4.79 Å². The van der Waals surface area contributed by atoms with Gasteiger partial charge >= 0.3 is 0 Å². The Labute approximate surface area is 152 Å². The van der Waals surface area contributed by atoms with E-state index in [0.717, 1.165) is 17.4 Å². The summed E-state index contributed by atoms with van der Waals surface area (Å²) in [6.07, 6.45) is 1.55. The average Bonchev–Trinajstić information content (AvgIpc) is 2.66. The molecule has 1 atom stereocenters. The first kappa shape index (κ1) is 16.8. The molecule has 0 spiro atoms. The van der Waals surface area contributed by atoms with E-state index in [4.69, 9.17) is 5.73 Å². The van der Waals surface area contributed by atoms with Crippen molar-refractivity contribution >= 4 is 26.5 Å². The molecule has 0 fully saturated rings. The van der Waals surface area contributed by atoms with Gasteiger partial charge in [0, 0.05) is 5.39 Å². The van der Waals surface area contributed by atoms with E-state index < -0.39 is 20.5 Å². The molecule has 3 aromatic rings. The molecule has 1 unspecified atom stereocenters. The maximum absolute atomic E-state index is 13.8. The zero-order valence-corrected chi connectivity index (χ0v) is 15.0. The molecule has 1 amide bonds. The van der Waals surface area contributed by atoms with Crippen molar-refractivity contribution in [3.8, 4) is 0 Å². The van der Waals surface area contributed by atoms with Crippen LogP contribution in [0, 0.1) is 0 Å². The summed E-state index contributed by atoms with van der Waals surface area (Å²) in [5, 5.41) is 1.43. The third-order valence-corrected chi connectivity index (χ3v) is 7.80. The van der Waals surface area contributed by atoms with Gasteiger partial charge in [-0.05, 0) is 41.8 Å². The van der Waals surface area contributed by atoms with Crippen molar-refractivity contribution in [1.82, 2.24) is 0 Å². The molecular weight excluding hydrogens is 346 g/mol. The first-order valence-corrected chi connectivity index (χ1v) is 10.1. The van der Waals surface area contributed by atoms with E-state index in [1.165, 1.54) is 0 Å². The molecule has 0 bridgehead atoms. The number of nitrogens with two attached hydrogens (primary N) is 1. The van der Waals surface area contributed by atoms with Crippen LogP contribution >= 0.6 is 0 Å². The number of hydrogen-bond acceptors (Lipinski definition) is 3. The topological polar surface area (TPSA) is 77.2 Å². The fourth-order valence-electron chi connectivity index (χ4n) is 4.08. The normalized spacial score (nSPS) is 19.8. The van der Waals surface area contributed by atoms with Crippen LogP contribution in [0.2, 0.25) is 0 Å². The van der Waals surface area contributed by atoms with Crippen molar-refractivity contribution < 1.29 is 13.2 Å². The molecule has 1 aliphatic carbocycles. The molecule has 0 radical (unpaired) electrons. The Balaban J connectivity index is 2.07. The van der Waals surface area contributed by atoms with Gasteiger partial charge < -0.3 is 5.73 Å². The Bertz CT molecular complexity index is 1120. The summed E-state index contributed by atoms with van der Waals surface area (Å²) < 4.78 is 25.9. The van der Waals surface area contributed by atoms with Gasteiger partial charge in [0.25, 0.3) is 0 Å². The number of carbonyl (C=O) groups is 1. The number of sulfone groups is 1. The van der Waals surface area contributed by atoms with E-state index in [0.29, 0.717) is 17.4 Å². The zero-order valence-electron chi connectivity index (χ0n) is 14.2. The summed E-state index contributed by atoms with van der Waals surface area (Å²) in [4.78, 5) is 12.8. The predicted octanol–water partition coefficient (Wildman–Crippen LogP) is 3.33. The second-order valence-electron chi connectivity index (χ2n) is 6.68. The van der Waals surface area contributed by atoms with Crippen LogP contribution < -0.4 is 5.73 Å². The highest BCUT2D eigenvalue weighted by Crippen LogP contribution is 2.45. The number of amides is 1. The van der Waals surface area contributed by atoms with E-state index in [1.54, 1.807) is 36.4 Å². The summed E-state index contributed by atoms with van der Waals surface area (Å²) in [5.41, 5.74) is 7.16. The Kier molecular flexibility index (Phi) is 3.84. The van der Waals surface area contributed by atoms with E-state index >= 15 is 0 Å². The quantitative estimate of drug-likeness (QED) is 0.773. The lowest BCUT2D eigenvalue weighted by Gasteiger charge is -2.36. The lowest BCUT2D eigenvalue weighted by Crippen LogP contribution is -2.49. The zero-order chi connectivity index (χ0) is 18.4. The van der Waals surface area contributed by atoms with Crippen molar-refractivity contribution in [1.29, 1.82) is 0 Å². The van der Waals surface area contributed by atoms with Crippen LogP contribution in [0.1, 0.15) is 24.0 Å². The van der Waals surface area contributed by atoms with Crippen LogP contribution in [0.25, 0.3) is 10.8 Å². The van der Waals surface area contributed by atoms with Gasteiger partial charge in [-0.25, -0.2) is 8.42 Å². The first-order valence-electron chi connectivity index (χ1n) is 8.59. The SMILES string of the molecule is NC(=O)C1(S(=O)(=O)c2cccc3ccccc23)CCCc2ccccc21. The number of primary amides is 1. The highest BCUT2D eigenvalue weighted by atomic mass is 32.2. The summed E-state index contributed by atoms with van der Waals surface area (Å²) >= 11 is 0. The van der Waals surface area contributed by atoms with Gasteiger partial charge in [0.05, 0.1) is 4.90 Å². The molecule has 0 saturated heterocycles. The number of hydrogen-bond donors (Lipinski definition) is 1. The highest BCUT2D eigenvalue weighted by molar-refractivity contribution is 7.93. The number of carbonyl (C=O) groups excluding carboxylic acids is 1. The molecule has 1 aliphatic rings. The maximum Gasteiger partial charge on any atom is 0.243 e. The summed E-state index contributed by atoms with van der Waals surface area (Å²) in [6.45, 7) is 0. The fraction of sp³-hybridized carbons (Fsp3) is 0.190. The largest absolute Gasteiger partial charge is 0.368 e. The minimum atomic E-state index is -4.04. The lowest BCUT2D eigenvalue weighted by molar-refractivity contribution is -0.121. The second-order valence-corrected chi connectivity index (χ2v) is 8.83. The van der Waals surface area contributed by atoms with Gasteiger partial charge in [0.1, 0.15) is 0 Å². The van der Waals surface area contributed by atoms with E-state index in [2.05, 4.69) is 0 Å². The molecule has 0 aromatic heterocycles. The third-order valence-electron chi connectivity index (χ3n) is 5.32. The average molecular weight is 365 g/mol. The third kappa shape index (κ3) is 2.20.